The van der Waals surface area contributed by atoms with Crippen LogP contribution in [0.3, 0.4) is 0 Å². The normalized spacial score (nSPS) is 10.4. The lowest BCUT2D eigenvalue weighted by molar-refractivity contribution is 0.179. The van der Waals surface area contributed by atoms with Crippen molar-refractivity contribution >= 4 is 0 Å². The highest BCUT2D eigenvalue weighted by Crippen LogP contribution is 2.07. The molecule has 3 heteroatoms. The zero-order valence-electron chi connectivity index (χ0n) is 8.50. The van der Waals surface area contributed by atoms with Gasteiger partial charge >= 0.3 is 0 Å². The molecule has 0 aliphatic heterocycles. The summed E-state index contributed by atoms with van der Waals surface area (Å²) in [6.07, 6.45) is 2.68. The highest BCUT2D eigenvalue weighted by atomic mass is 16.5. The van der Waals surface area contributed by atoms with Crippen molar-refractivity contribution in [2.45, 2.75) is 20.0 Å². The number of ether oxygens (including phenoxy) is 1. The van der Waals surface area contributed by atoms with Crippen LogP contribution in [0.4, 0.5) is 0 Å². The van der Waals surface area contributed by atoms with E-state index in [1.165, 1.54) is 0 Å². The lowest BCUT2D eigenvalue weighted by Gasteiger charge is -2.04. The Bertz CT molecular complexity index is 302. The summed E-state index contributed by atoms with van der Waals surface area (Å²) in [6, 6.07) is 0. The van der Waals surface area contributed by atoms with Gasteiger partial charge in [-0.15, -0.1) is 0 Å². The zero-order chi connectivity index (χ0) is 9.84. The van der Waals surface area contributed by atoms with Crippen LogP contribution in [0.1, 0.15) is 18.4 Å². The van der Waals surface area contributed by atoms with Gasteiger partial charge < -0.3 is 9.30 Å². The number of allylic oxidation sites excluding steroid dienone is 1. The van der Waals surface area contributed by atoms with Crippen molar-refractivity contribution in [3.05, 3.63) is 29.9 Å². The van der Waals surface area contributed by atoms with Gasteiger partial charge in [-0.2, -0.15) is 0 Å². The van der Waals surface area contributed by atoms with Gasteiger partial charge in [0.15, 0.2) is 0 Å². The molecule has 0 aromatic carbocycles. The second-order valence-corrected chi connectivity index (χ2v) is 3.29. The van der Waals surface area contributed by atoms with Crippen molar-refractivity contribution in [1.29, 1.82) is 0 Å². The highest BCUT2D eigenvalue weighted by Gasteiger charge is 2.05. The fourth-order valence-corrected chi connectivity index (χ4v) is 1.20. The summed E-state index contributed by atoms with van der Waals surface area (Å²) < 4.78 is 7.10. The van der Waals surface area contributed by atoms with Gasteiger partial charge in [0, 0.05) is 20.6 Å². The lowest BCUT2D eigenvalue weighted by atomic mass is 10.2. The van der Waals surface area contributed by atoms with Crippen molar-refractivity contribution in [2.24, 2.45) is 7.05 Å². The number of rotatable bonds is 4. The van der Waals surface area contributed by atoms with Crippen LogP contribution in [0.15, 0.2) is 18.3 Å². The van der Waals surface area contributed by atoms with Gasteiger partial charge in [-0.1, -0.05) is 12.2 Å². The number of methoxy groups -OCH3 is 1. The summed E-state index contributed by atoms with van der Waals surface area (Å²) in [6.45, 7) is 6.48. The van der Waals surface area contributed by atoms with Crippen LogP contribution in [0.5, 0.6) is 0 Å². The molecular weight excluding hydrogens is 164 g/mol. The van der Waals surface area contributed by atoms with Crippen LogP contribution in [-0.4, -0.2) is 16.7 Å². The fourth-order valence-electron chi connectivity index (χ4n) is 1.20. The third-order valence-electron chi connectivity index (χ3n) is 1.93. The van der Waals surface area contributed by atoms with E-state index in [-0.39, 0.29) is 0 Å². The maximum Gasteiger partial charge on any atom is 0.112 e. The molecule has 0 spiro atoms. The molecule has 0 saturated carbocycles. The monoisotopic (exact) mass is 180 g/mol. The summed E-state index contributed by atoms with van der Waals surface area (Å²) in [4.78, 5) is 4.30. The van der Waals surface area contributed by atoms with Crippen molar-refractivity contribution in [3.63, 3.8) is 0 Å². The van der Waals surface area contributed by atoms with E-state index in [9.17, 15) is 0 Å². The maximum absolute atomic E-state index is 5.04. The zero-order valence-corrected chi connectivity index (χ0v) is 8.50. The van der Waals surface area contributed by atoms with E-state index in [2.05, 4.69) is 16.1 Å². The highest BCUT2D eigenvalue weighted by molar-refractivity contribution is 5.09. The standard InChI is InChI=1S/C10H16N2O/c1-8(2)5-10-11-6-9(7-13-4)12(10)3/h6H,1,5,7H2,2-4H3. The SMILES string of the molecule is C=C(C)Cc1ncc(COC)n1C. The Labute approximate surface area is 79.0 Å². The first kappa shape index (κ1) is 9.99. The summed E-state index contributed by atoms with van der Waals surface area (Å²) in [5.74, 6) is 1.04. The average Bonchev–Trinajstić information content (AvgIpc) is 2.36. The summed E-state index contributed by atoms with van der Waals surface area (Å²) in [5, 5.41) is 0. The molecule has 0 bridgehead atoms. The molecule has 72 valence electrons. The van der Waals surface area contributed by atoms with Gasteiger partial charge in [0.1, 0.15) is 5.82 Å². The molecule has 1 aromatic heterocycles. The predicted molar refractivity (Wildman–Crippen MR) is 52.4 cm³/mol. The van der Waals surface area contributed by atoms with E-state index in [0.717, 1.165) is 23.5 Å². The lowest BCUT2D eigenvalue weighted by Crippen LogP contribution is -2.03. The topological polar surface area (TPSA) is 27.1 Å². The number of nitrogens with zero attached hydrogens (tertiary/aromatic N) is 2. The third kappa shape index (κ3) is 2.42. The van der Waals surface area contributed by atoms with E-state index < -0.39 is 0 Å². The van der Waals surface area contributed by atoms with Crippen LogP contribution in [0, 0.1) is 0 Å². The Morgan fingerprint density at radius 1 is 1.69 bits per heavy atom. The smallest absolute Gasteiger partial charge is 0.112 e. The average molecular weight is 180 g/mol. The fraction of sp³-hybridized carbons (Fsp3) is 0.500. The van der Waals surface area contributed by atoms with Crippen LogP contribution in [0.25, 0.3) is 0 Å². The summed E-state index contributed by atoms with van der Waals surface area (Å²) in [5.41, 5.74) is 2.22. The van der Waals surface area contributed by atoms with Crippen LogP contribution in [0.2, 0.25) is 0 Å². The quantitative estimate of drug-likeness (QED) is 0.659. The molecule has 0 aliphatic carbocycles. The number of hydrogen-bond acceptors (Lipinski definition) is 2. The largest absolute Gasteiger partial charge is 0.378 e. The first-order valence-corrected chi connectivity index (χ1v) is 4.28. The Morgan fingerprint density at radius 3 is 2.92 bits per heavy atom. The van der Waals surface area contributed by atoms with Crippen molar-refractivity contribution < 1.29 is 4.74 Å². The predicted octanol–water partition coefficient (Wildman–Crippen LogP) is 1.69. The molecular formula is C10H16N2O. The minimum absolute atomic E-state index is 0.611. The number of imidazole rings is 1. The van der Waals surface area contributed by atoms with E-state index >= 15 is 0 Å². The minimum atomic E-state index is 0.611. The van der Waals surface area contributed by atoms with E-state index in [1.807, 2.05) is 20.2 Å². The number of aromatic nitrogens is 2. The second kappa shape index (κ2) is 4.23. The molecule has 13 heavy (non-hydrogen) atoms. The molecule has 0 saturated heterocycles. The first-order valence-electron chi connectivity index (χ1n) is 4.28. The molecule has 0 N–H and O–H groups in total. The van der Waals surface area contributed by atoms with Gasteiger partial charge in [-0.25, -0.2) is 4.98 Å². The summed E-state index contributed by atoms with van der Waals surface area (Å²) in [7, 11) is 3.69. The Balaban J connectivity index is 2.79. The molecule has 1 aromatic rings. The van der Waals surface area contributed by atoms with Crippen LogP contribution >= 0.6 is 0 Å². The third-order valence-corrected chi connectivity index (χ3v) is 1.93. The van der Waals surface area contributed by atoms with Crippen LogP contribution < -0.4 is 0 Å². The molecule has 0 aliphatic rings. The van der Waals surface area contributed by atoms with Crippen molar-refractivity contribution in [2.75, 3.05) is 7.11 Å². The van der Waals surface area contributed by atoms with Gasteiger partial charge in [0.2, 0.25) is 0 Å². The molecule has 0 radical (unpaired) electrons. The van der Waals surface area contributed by atoms with E-state index in [0.29, 0.717) is 6.61 Å². The molecule has 1 rings (SSSR count). The Hall–Kier alpha value is -1.09. The van der Waals surface area contributed by atoms with Gasteiger partial charge in [0.25, 0.3) is 0 Å². The molecule has 0 atom stereocenters. The Kier molecular flexibility index (Phi) is 3.25. The second-order valence-electron chi connectivity index (χ2n) is 3.29. The molecule has 1 heterocycles. The molecule has 3 nitrogen and oxygen atoms in total. The number of hydrogen-bond donors (Lipinski definition) is 0. The minimum Gasteiger partial charge on any atom is -0.378 e. The van der Waals surface area contributed by atoms with Crippen molar-refractivity contribution in [3.8, 4) is 0 Å². The van der Waals surface area contributed by atoms with Gasteiger partial charge in [0.05, 0.1) is 18.5 Å². The van der Waals surface area contributed by atoms with Gasteiger partial charge in [-0.05, 0) is 6.92 Å². The molecule has 0 unspecified atom stereocenters. The van der Waals surface area contributed by atoms with Crippen molar-refractivity contribution in [1.82, 2.24) is 9.55 Å². The van der Waals surface area contributed by atoms with Gasteiger partial charge in [-0.3, -0.25) is 0 Å². The van der Waals surface area contributed by atoms with Crippen LogP contribution in [-0.2, 0) is 24.8 Å². The summed E-state index contributed by atoms with van der Waals surface area (Å²) >= 11 is 0. The Morgan fingerprint density at radius 2 is 2.38 bits per heavy atom. The van der Waals surface area contributed by atoms with E-state index in [4.69, 9.17) is 4.74 Å². The van der Waals surface area contributed by atoms with E-state index in [1.54, 1.807) is 7.11 Å². The molecule has 0 fully saturated rings. The molecule has 0 amide bonds. The first-order chi connectivity index (χ1) is 6.15. The maximum atomic E-state index is 5.04.